The first-order valence-corrected chi connectivity index (χ1v) is 10.6. The van der Waals surface area contributed by atoms with Gasteiger partial charge in [0.2, 0.25) is 0 Å². The third-order valence-electron chi connectivity index (χ3n) is 5.45. The Labute approximate surface area is 193 Å². The largest absolute Gasteiger partial charge is 0.350 e. The number of rotatable bonds is 4. The summed E-state index contributed by atoms with van der Waals surface area (Å²) >= 11 is 24.7. The second kappa shape index (κ2) is 7.74. The molecule has 1 aromatic heterocycles. The van der Waals surface area contributed by atoms with Crippen molar-refractivity contribution in [2.75, 3.05) is 20.6 Å². The van der Waals surface area contributed by atoms with Gasteiger partial charge in [0.1, 0.15) is 0 Å². The molecule has 30 heavy (non-hydrogen) atoms. The third-order valence-corrected chi connectivity index (χ3v) is 7.25. The third kappa shape index (κ3) is 3.12. The summed E-state index contributed by atoms with van der Waals surface area (Å²) in [5.74, 6) is -1.07. The number of hydrogen-bond donors (Lipinski definition) is 0. The molecule has 1 atom stereocenters. The molecule has 1 aliphatic heterocycles. The van der Waals surface area contributed by atoms with E-state index in [4.69, 9.17) is 46.4 Å². The topological polar surface area (TPSA) is 45.6 Å². The molecule has 0 aliphatic carbocycles. The first kappa shape index (κ1) is 21.5. The van der Waals surface area contributed by atoms with Crippen LogP contribution in [0.15, 0.2) is 30.5 Å². The Morgan fingerprint density at radius 2 is 1.43 bits per heavy atom. The van der Waals surface area contributed by atoms with E-state index in [0.717, 1.165) is 21.4 Å². The Morgan fingerprint density at radius 3 is 1.97 bits per heavy atom. The number of halogens is 4. The van der Waals surface area contributed by atoms with E-state index in [2.05, 4.69) is 0 Å². The summed E-state index contributed by atoms with van der Waals surface area (Å²) in [6.07, 6.45) is 2.02. The molecule has 2 aromatic carbocycles. The van der Waals surface area contributed by atoms with Gasteiger partial charge in [-0.3, -0.25) is 14.5 Å². The number of carbonyl (C=O) groups is 2. The van der Waals surface area contributed by atoms with Gasteiger partial charge in [-0.15, -0.1) is 0 Å². The number of likely N-dealkylation sites (N-methyl/N-ethyl adjacent to an activating group) is 1. The van der Waals surface area contributed by atoms with E-state index in [1.54, 1.807) is 0 Å². The molecule has 2 amide bonds. The van der Waals surface area contributed by atoms with Crippen LogP contribution in [-0.2, 0) is 7.05 Å². The van der Waals surface area contributed by atoms with Gasteiger partial charge < -0.3 is 9.47 Å². The summed E-state index contributed by atoms with van der Waals surface area (Å²) in [4.78, 5) is 29.4. The lowest BCUT2D eigenvalue weighted by Crippen LogP contribution is -2.38. The maximum absolute atomic E-state index is 13.1. The molecule has 0 radical (unpaired) electrons. The van der Waals surface area contributed by atoms with Crippen LogP contribution in [0.1, 0.15) is 32.3 Å². The fraction of sp³-hybridized carbons (Fsp3) is 0.238. The minimum absolute atomic E-state index is 0.00325. The summed E-state index contributed by atoms with van der Waals surface area (Å²) in [5, 5.41) is 0.853. The Kier molecular flexibility index (Phi) is 5.54. The molecule has 0 saturated heterocycles. The molecule has 4 rings (SSSR count). The van der Waals surface area contributed by atoms with Crippen LogP contribution in [0.2, 0.25) is 20.1 Å². The van der Waals surface area contributed by atoms with Crippen LogP contribution in [0, 0.1) is 0 Å². The molecule has 2 heterocycles. The fourth-order valence-corrected chi connectivity index (χ4v) is 4.93. The average Bonchev–Trinajstić information content (AvgIpc) is 3.17. The highest BCUT2D eigenvalue weighted by molar-refractivity contribution is 6.55. The highest BCUT2D eigenvalue weighted by Gasteiger charge is 2.42. The van der Waals surface area contributed by atoms with Crippen molar-refractivity contribution >= 4 is 69.1 Å². The number of amides is 2. The molecule has 156 valence electrons. The van der Waals surface area contributed by atoms with Crippen LogP contribution in [0.5, 0.6) is 0 Å². The lowest BCUT2D eigenvalue weighted by molar-refractivity contribution is 0.0612. The standard InChI is InChI=1S/C21H17Cl4N3O2/c1-26(2)13(11-8-27(3)12-7-5-4-6-10(11)12)9-28-20(29)14-15(21(28)30)17(23)19(25)18(24)16(14)22/h4-8,13H,9H2,1-3H3. The van der Waals surface area contributed by atoms with Gasteiger partial charge in [0.25, 0.3) is 11.8 Å². The van der Waals surface area contributed by atoms with E-state index in [1.165, 1.54) is 0 Å². The normalized spacial score (nSPS) is 14.9. The molecule has 3 aromatic rings. The molecule has 0 bridgehead atoms. The quantitative estimate of drug-likeness (QED) is 0.271. The van der Waals surface area contributed by atoms with E-state index in [0.29, 0.717) is 0 Å². The van der Waals surface area contributed by atoms with E-state index < -0.39 is 11.8 Å². The number of hydrogen-bond acceptors (Lipinski definition) is 3. The maximum Gasteiger partial charge on any atom is 0.263 e. The summed E-state index contributed by atoms with van der Waals surface area (Å²) in [6, 6.07) is 7.73. The van der Waals surface area contributed by atoms with Crippen molar-refractivity contribution in [1.82, 2.24) is 14.4 Å². The highest BCUT2D eigenvalue weighted by Crippen LogP contribution is 2.45. The first-order chi connectivity index (χ1) is 14.1. The van der Waals surface area contributed by atoms with Crippen molar-refractivity contribution in [1.29, 1.82) is 0 Å². The maximum atomic E-state index is 13.1. The molecule has 0 spiro atoms. The van der Waals surface area contributed by atoms with Crippen LogP contribution in [-0.4, -0.2) is 46.8 Å². The Hall–Kier alpha value is -1.76. The lowest BCUT2D eigenvalue weighted by atomic mass is 10.0. The molecular weight excluding hydrogens is 468 g/mol. The minimum atomic E-state index is -0.535. The Bertz CT molecular complexity index is 1170. The van der Waals surface area contributed by atoms with Crippen LogP contribution >= 0.6 is 46.4 Å². The Balaban J connectivity index is 1.79. The number of para-hydroxylation sites is 1. The summed E-state index contributed by atoms with van der Waals surface area (Å²) in [5.41, 5.74) is 2.06. The van der Waals surface area contributed by atoms with E-state index in [9.17, 15) is 9.59 Å². The van der Waals surface area contributed by atoms with Gasteiger partial charge in [0.05, 0.1) is 37.3 Å². The van der Waals surface area contributed by atoms with Crippen LogP contribution in [0.25, 0.3) is 10.9 Å². The van der Waals surface area contributed by atoms with Crippen molar-refractivity contribution in [3.8, 4) is 0 Å². The summed E-state index contributed by atoms with van der Waals surface area (Å²) in [7, 11) is 5.76. The van der Waals surface area contributed by atoms with E-state index in [1.807, 2.05) is 61.1 Å². The van der Waals surface area contributed by atoms with Gasteiger partial charge in [-0.2, -0.15) is 0 Å². The number of fused-ring (bicyclic) bond motifs is 2. The molecule has 0 fully saturated rings. The van der Waals surface area contributed by atoms with Gasteiger partial charge in [-0.05, 0) is 25.7 Å². The van der Waals surface area contributed by atoms with Crippen LogP contribution in [0.4, 0.5) is 0 Å². The highest BCUT2D eigenvalue weighted by atomic mass is 35.5. The smallest absolute Gasteiger partial charge is 0.263 e. The van der Waals surface area contributed by atoms with Gasteiger partial charge in [-0.25, -0.2) is 0 Å². The monoisotopic (exact) mass is 483 g/mol. The van der Waals surface area contributed by atoms with Gasteiger partial charge >= 0.3 is 0 Å². The number of carbonyl (C=O) groups excluding carboxylic acids is 2. The van der Waals surface area contributed by atoms with Crippen molar-refractivity contribution in [2.45, 2.75) is 6.04 Å². The number of aromatic nitrogens is 1. The van der Waals surface area contributed by atoms with E-state index >= 15 is 0 Å². The van der Waals surface area contributed by atoms with Crippen molar-refractivity contribution < 1.29 is 9.59 Å². The second-order valence-electron chi connectivity index (χ2n) is 7.42. The molecular formula is C21H17Cl4N3O2. The van der Waals surface area contributed by atoms with Gasteiger partial charge in [0.15, 0.2) is 0 Å². The fourth-order valence-electron chi connectivity index (χ4n) is 3.91. The number of aryl methyl sites for hydroxylation is 1. The Morgan fingerprint density at radius 1 is 0.900 bits per heavy atom. The SMILES string of the molecule is CN(C)C(CN1C(=O)c2c(Cl)c(Cl)c(Cl)c(Cl)c2C1=O)c1cn(C)c2ccccc12. The summed E-state index contributed by atoms with van der Waals surface area (Å²) < 4.78 is 2.02. The van der Waals surface area contributed by atoms with Crippen LogP contribution < -0.4 is 0 Å². The van der Waals surface area contributed by atoms with Gasteiger partial charge in [-0.1, -0.05) is 64.6 Å². The zero-order valence-electron chi connectivity index (χ0n) is 16.3. The van der Waals surface area contributed by atoms with Crippen molar-refractivity contribution in [2.24, 2.45) is 7.05 Å². The number of imide groups is 1. The van der Waals surface area contributed by atoms with Gasteiger partial charge in [0, 0.05) is 30.7 Å². The van der Waals surface area contributed by atoms with Crippen molar-refractivity contribution in [3.05, 3.63) is 67.2 Å². The van der Waals surface area contributed by atoms with E-state index in [-0.39, 0.29) is 43.8 Å². The zero-order chi connectivity index (χ0) is 21.9. The van der Waals surface area contributed by atoms with Crippen LogP contribution in [0.3, 0.4) is 0 Å². The van der Waals surface area contributed by atoms with Crippen molar-refractivity contribution in [3.63, 3.8) is 0 Å². The number of nitrogens with zero attached hydrogens (tertiary/aromatic N) is 3. The second-order valence-corrected chi connectivity index (χ2v) is 8.93. The predicted octanol–water partition coefficient (Wildman–Crippen LogP) is 5.69. The lowest BCUT2D eigenvalue weighted by Gasteiger charge is -2.28. The molecule has 9 heteroatoms. The number of benzene rings is 2. The first-order valence-electron chi connectivity index (χ1n) is 9.07. The molecule has 5 nitrogen and oxygen atoms in total. The average molecular weight is 485 g/mol. The molecule has 0 N–H and O–H groups in total. The predicted molar refractivity (Wildman–Crippen MR) is 121 cm³/mol. The molecule has 1 aliphatic rings. The molecule has 0 saturated carbocycles. The minimum Gasteiger partial charge on any atom is -0.350 e. The molecule has 1 unspecified atom stereocenters. The zero-order valence-corrected chi connectivity index (χ0v) is 19.4. The summed E-state index contributed by atoms with van der Waals surface area (Å²) in [6.45, 7) is 0.120.